The van der Waals surface area contributed by atoms with Crippen molar-refractivity contribution in [1.29, 1.82) is 0 Å². The van der Waals surface area contributed by atoms with Gasteiger partial charge in [-0.3, -0.25) is 0 Å². The van der Waals surface area contributed by atoms with Gasteiger partial charge in [0.1, 0.15) is 0 Å². The molecule has 0 saturated heterocycles. The van der Waals surface area contributed by atoms with Crippen molar-refractivity contribution < 1.29 is 0 Å². The third-order valence-corrected chi connectivity index (χ3v) is 4.16. The van der Waals surface area contributed by atoms with Gasteiger partial charge in [-0.1, -0.05) is 0 Å². The van der Waals surface area contributed by atoms with E-state index in [0.717, 1.165) is 4.71 Å². The van der Waals surface area contributed by atoms with Crippen LogP contribution in [0.1, 0.15) is 70.6 Å². The molecule has 0 heterocycles. The molecule has 1 rings (SSSR count). The standard InChI is InChI=1S/C12H23As/c13-12-10-8-6-4-2-1-3-5-7-9-11-12/h12H,1-11H2. The quantitative estimate of drug-likeness (QED) is 0.557. The number of hydrogen-bond donors (Lipinski definition) is 0. The van der Waals surface area contributed by atoms with E-state index in [-0.39, 0.29) is 0 Å². The Labute approximate surface area is 92.4 Å². The average molecular weight is 242 g/mol. The van der Waals surface area contributed by atoms with Crippen LogP contribution in [0.3, 0.4) is 0 Å². The zero-order valence-electron chi connectivity index (χ0n) is 8.80. The molecule has 0 aromatic carbocycles. The van der Waals surface area contributed by atoms with Crippen LogP contribution in [0, 0.1) is 0 Å². The van der Waals surface area contributed by atoms with Crippen molar-refractivity contribution >= 4 is 16.9 Å². The van der Waals surface area contributed by atoms with Gasteiger partial charge in [0, 0.05) is 0 Å². The second kappa shape index (κ2) is 7.92. The summed E-state index contributed by atoms with van der Waals surface area (Å²) in [7, 11) is 0. The van der Waals surface area contributed by atoms with Crippen molar-refractivity contribution in [3.8, 4) is 0 Å². The summed E-state index contributed by atoms with van der Waals surface area (Å²) in [6.45, 7) is 0. The molecule has 0 aliphatic heterocycles. The second-order valence-electron chi connectivity index (χ2n) is 4.41. The molecule has 0 aromatic heterocycles. The summed E-state index contributed by atoms with van der Waals surface area (Å²) < 4.78 is 0.937. The van der Waals surface area contributed by atoms with Crippen LogP contribution in [-0.4, -0.2) is 16.9 Å². The maximum absolute atomic E-state index is 2.88. The molecular weight excluding hydrogens is 219 g/mol. The van der Waals surface area contributed by atoms with Crippen molar-refractivity contribution in [2.75, 3.05) is 0 Å². The minimum absolute atomic E-state index is 0.937. The second-order valence-corrected chi connectivity index (χ2v) is 5.95. The zero-order valence-corrected chi connectivity index (χ0v) is 10.7. The third kappa shape index (κ3) is 6.61. The maximum atomic E-state index is 2.88. The molecule has 13 heavy (non-hydrogen) atoms. The molecular formula is C12H23As. The van der Waals surface area contributed by atoms with Gasteiger partial charge in [0.15, 0.2) is 0 Å². The van der Waals surface area contributed by atoms with Gasteiger partial charge in [-0.15, -0.1) is 0 Å². The van der Waals surface area contributed by atoms with Crippen LogP contribution in [0.2, 0.25) is 4.71 Å². The van der Waals surface area contributed by atoms with Crippen molar-refractivity contribution in [3.05, 3.63) is 0 Å². The van der Waals surface area contributed by atoms with Crippen LogP contribution in [0.4, 0.5) is 0 Å². The van der Waals surface area contributed by atoms with E-state index in [1.807, 2.05) is 0 Å². The summed E-state index contributed by atoms with van der Waals surface area (Å²) in [4.78, 5) is 0. The Kier molecular flexibility index (Phi) is 7.08. The van der Waals surface area contributed by atoms with E-state index in [1.54, 1.807) is 0 Å². The Bertz CT molecular complexity index is 99.7. The monoisotopic (exact) mass is 242 g/mol. The molecule has 0 nitrogen and oxygen atoms in total. The summed E-state index contributed by atoms with van der Waals surface area (Å²) in [5, 5.41) is 0. The Hall–Kier alpha value is 0.558. The van der Waals surface area contributed by atoms with Gasteiger partial charge in [-0.25, -0.2) is 0 Å². The van der Waals surface area contributed by atoms with Gasteiger partial charge in [0.25, 0.3) is 0 Å². The van der Waals surface area contributed by atoms with Gasteiger partial charge in [0.05, 0.1) is 0 Å². The predicted molar refractivity (Wildman–Crippen MR) is 60.3 cm³/mol. The van der Waals surface area contributed by atoms with E-state index in [2.05, 4.69) is 16.9 Å². The van der Waals surface area contributed by atoms with E-state index in [1.165, 1.54) is 70.6 Å². The van der Waals surface area contributed by atoms with Crippen molar-refractivity contribution in [2.45, 2.75) is 75.3 Å². The Morgan fingerprint density at radius 2 is 0.846 bits per heavy atom. The van der Waals surface area contributed by atoms with Crippen LogP contribution in [-0.2, 0) is 0 Å². The fourth-order valence-corrected chi connectivity index (χ4v) is 2.91. The van der Waals surface area contributed by atoms with Crippen LogP contribution < -0.4 is 0 Å². The van der Waals surface area contributed by atoms with Crippen LogP contribution in [0.5, 0.6) is 0 Å². The topological polar surface area (TPSA) is 0 Å². The molecule has 76 valence electrons. The number of rotatable bonds is 0. The molecule has 0 atom stereocenters. The predicted octanol–water partition coefficient (Wildman–Crippen LogP) is 4.25. The van der Waals surface area contributed by atoms with E-state index >= 15 is 0 Å². The van der Waals surface area contributed by atoms with Crippen molar-refractivity contribution in [2.24, 2.45) is 0 Å². The Morgan fingerprint density at radius 3 is 1.23 bits per heavy atom. The van der Waals surface area contributed by atoms with Gasteiger partial charge in [0.2, 0.25) is 0 Å². The summed E-state index contributed by atoms with van der Waals surface area (Å²) in [5.74, 6) is 0. The molecule has 1 aliphatic rings. The first-order valence-electron chi connectivity index (χ1n) is 6.07. The molecule has 0 unspecified atom stereocenters. The van der Waals surface area contributed by atoms with Crippen LogP contribution >= 0.6 is 0 Å². The summed E-state index contributed by atoms with van der Waals surface area (Å²) in [6.07, 6.45) is 16.3. The van der Waals surface area contributed by atoms with Crippen molar-refractivity contribution in [1.82, 2.24) is 0 Å². The molecule has 1 fully saturated rings. The molecule has 0 N–H and O–H groups in total. The fraction of sp³-hybridized carbons (Fsp3) is 1.00. The molecule has 0 amide bonds. The molecule has 2 radical (unpaired) electrons. The fourth-order valence-electron chi connectivity index (χ4n) is 2.14. The molecule has 1 aliphatic carbocycles. The molecule has 0 spiro atoms. The molecule has 1 saturated carbocycles. The van der Waals surface area contributed by atoms with E-state index in [0.29, 0.717) is 0 Å². The third-order valence-electron chi connectivity index (χ3n) is 3.07. The Morgan fingerprint density at radius 1 is 0.538 bits per heavy atom. The minimum atomic E-state index is 0.937. The normalized spacial score (nSPS) is 24.7. The molecule has 0 bridgehead atoms. The van der Waals surface area contributed by atoms with E-state index in [4.69, 9.17) is 0 Å². The van der Waals surface area contributed by atoms with Gasteiger partial charge < -0.3 is 0 Å². The summed E-state index contributed by atoms with van der Waals surface area (Å²) in [5.41, 5.74) is 0. The molecule has 0 aromatic rings. The molecule has 1 heteroatoms. The van der Waals surface area contributed by atoms with Crippen LogP contribution in [0.15, 0.2) is 0 Å². The van der Waals surface area contributed by atoms with E-state index in [9.17, 15) is 0 Å². The van der Waals surface area contributed by atoms with Gasteiger partial charge >= 0.3 is 92.2 Å². The summed E-state index contributed by atoms with van der Waals surface area (Å²) >= 11 is 2.88. The number of hydrogen-bond acceptors (Lipinski definition) is 0. The first kappa shape index (κ1) is 11.6. The first-order chi connectivity index (χ1) is 6.39. The van der Waals surface area contributed by atoms with Gasteiger partial charge in [-0.2, -0.15) is 0 Å². The van der Waals surface area contributed by atoms with Crippen molar-refractivity contribution in [3.63, 3.8) is 0 Å². The average Bonchev–Trinajstić information content (AvgIpc) is 2.11. The summed E-state index contributed by atoms with van der Waals surface area (Å²) in [6, 6.07) is 0. The van der Waals surface area contributed by atoms with Gasteiger partial charge in [-0.05, 0) is 0 Å². The van der Waals surface area contributed by atoms with E-state index < -0.39 is 0 Å². The SMILES string of the molecule is [As]C1CCCCCCCCCCC1. The first-order valence-corrected chi connectivity index (χ1v) is 7.16. The zero-order chi connectivity index (χ0) is 9.36. The Balaban J connectivity index is 2.11. The van der Waals surface area contributed by atoms with Crippen LogP contribution in [0.25, 0.3) is 0 Å².